The number of carbonyl (C=O) groups excluding carboxylic acids is 1. The average molecular weight is 556 g/mol. The van der Waals surface area contributed by atoms with E-state index in [1.807, 2.05) is 33.7 Å². The summed E-state index contributed by atoms with van der Waals surface area (Å²) in [5.41, 5.74) is 1.90. The van der Waals surface area contributed by atoms with Crippen molar-refractivity contribution in [3.8, 4) is 0 Å². The van der Waals surface area contributed by atoms with Crippen molar-refractivity contribution in [3.63, 3.8) is 0 Å². The van der Waals surface area contributed by atoms with Crippen molar-refractivity contribution in [3.05, 3.63) is 30.1 Å². The van der Waals surface area contributed by atoms with Crippen molar-refractivity contribution in [2.24, 2.45) is 0 Å². The second-order valence-corrected chi connectivity index (χ2v) is 13.4. The molecular weight excluding hydrogens is 518 g/mol. The third-order valence-electron chi connectivity index (χ3n) is 8.02. The van der Waals surface area contributed by atoms with Gasteiger partial charge < -0.3 is 20.9 Å². The van der Waals surface area contributed by atoms with Gasteiger partial charge >= 0.3 is 0 Å². The first-order valence-corrected chi connectivity index (χ1v) is 16.0. The van der Waals surface area contributed by atoms with Crippen molar-refractivity contribution in [2.75, 3.05) is 35.3 Å². The number of carbonyl (C=O) groups is 1. The molecule has 39 heavy (non-hydrogen) atoms. The van der Waals surface area contributed by atoms with E-state index < -0.39 is 9.84 Å². The van der Waals surface area contributed by atoms with Crippen LogP contribution in [0.15, 0.2) is 24.4 Å². The highest BCUT2D eigenvalue weighted by Gasteiger charge is 2.35. The summed E-state index contributed by atoms with van der Waals surface area (Å²) in [5.74, 6) is 2.62. The van der Waals surface area contributed by atoms with Gasteiger partial charge in [-0.05, 0) is 63.5 Å². The fraction of sp³-hybridized carbons (Fsp3) is 0.615. The van der Waals surface area contributed by atoms with Crippen LogP contribution in [0.3, 0.4) is 0 Å². The van der Waals surface area contributed by atoms with Crippen molar-refractivity contribution in [1.82, 2.24) is 35.2 Å². The maximum Gasteiger partial charge on any atom is 0.243 e. The Morgan fingerprint density at radius 3 is 2.67 bits per heavy atom. The zero-order chi connectivity index (χ0) is 27.0. The molecule has 6 rings (SSSR count). The van der Waals surface area contributed by atoms with Gasteiger partial charge in [0.05, 0.1) is 5.75 Å². The molecule has 1 amide bonds. The molecule has 4 N–H and O–H groups in total. The summed E-state index contributed by atoms with van der Waals surface area (Å²) in [7, 11) is -2.96. The first-order chi connectivity index (χ1) is 18.8. The van der Waals surface area contributed by atoms with Crippen molar-refractivity contribution < 1.29 is 13.2 Å². The lowest BCUT2D eigenvalue weighted by Gasteiger charge is -2.32. The Balaban J connectivity index is 1.09. The van der Waals surface area contributed by atoms with Crippen molar-refractivity contribution in [2.45, 2.75) is 75.4 Å². The number of anilines is 3. The van der Waals surface area contributed by atoms with E-state index in [-0.39, 0.29) is 23.7 Å². The van der Waals surface area contributed by atoms with Gasteiger partial charge in [-0.1, -0.05) is 0 Å². The van der Waals surface area contributed by atoms with E-state index in [0.29, 0.717) is 36.2 Å². The molecule has 0 unspecified atom stereocenters. The van der Waals surface area contributed by atoms with Gasteiger partial charge in [0, 0.05) is 55.3 Å². The lowest BCUT2D eigenvalue weighted by Crippen LogP contribution is -2.49. The Morgan fingerprint density at radius 1 is 1.10 bits per heavy atom. The van der Waals surface area contributed by atoms with Gasteiger partial charge in [0.25, 0.3) is 0 Å². The molecule has 0 aromatic carbocycles. The standard InChI is InChI=1S/C26H37N9O3S/c1-39(37,38)15-12-27-18-8-10-19(11-9-18)28-24(36)21-4-2-13-34(21)26-30-23-5-3-14-35(23)25(31-26)29-22-16-20(32-33-22)17-6-7-17/h3,5,14,16-19,21,27H,2,4,6-13,15H2,1H3,(H,28,36)(H2,29,30,31,32,33)/t18?,19?,21-/m0/s1. The minimum atomic E-state index is -2.96. The summed E-state index contributed by atoms with van der Waals surface area (Å²) >= 11 is 0. The number of nitrogens with zero attached hydrogens (tertiary/aromatic N) is 5. The number of hydrogen-bond acceptors (Lipinski definition) is 9. The summed E-state index contributed by atoms with van der Waals surface area (Å²) in [6, 6.07) is 6.01. The fourth-order valence-electron chi connectivity index (χ4n) is 5.72. The monoisotopic (exact) mass is 555 g/mol. The molecule has 1 aliphatic heterocycles. The Labute approximate surface area is 228 Å². The van der Waals surface area contributed by atoms with Crippen LogP contribution in [0.5, 0.6) is 0 Å². The first-order valence-electron chi connectivity index (χ1n) is 14.0. The molecule has 3 aliphatic rings. The van der Waals surface area contributed by atoms with E-state index in [1.54, 1.807) is 0 Å². The molecule has 3 fully saturated rings. The van der Waals surface area contributed by atoms with Gasteiger partial charge in [-0.3, -0.25) is 14.3 Å². The van der Waals surface area contributed by atoms with Gasteiger partial charge in [-0.2, -0.15) is 15.1 Å². The predicted octanol–water partition coefficient (Wildman–Crippen LogP) is 2.10. The largest absolute Gasteiger partial charge is 0.352 e. The molecule has 3 aromatic rings. The van der Waals surface area contributed by atoms with Crippen LogP contribution in [-0.4, -0.2) is 82.1 Å². The van der Waals surface area contributed by atoms with Crippen LogP contribution in [0.4, 0.5) is 17.7 Å². The molecular formula is C26H37N9O3S. The Hall–Kier alpha value is -3.19. The average Bonchev–Trinajstić information content (AvgIpc) is 3.28. The lowest BCUT2D eigenvalue weighted by atomic mass is 9.91. The fourth-order valence-corrected chi connectivity index (χ4v) is 6.21. The minimum Gasteiger partial charge on any atom is -0.352 e. The van der Waals surface area contributed by atoms with E-state index in [2.05, 4.69) is 26.1 Å². The third kappa shape index (κ3) is 6.19. The minimum absolute atomic E-state index is 0.0238. The Morgan fingerprint density at radius 2 is 1.90 bits per heavy atom. The van der Waals surface area contributed by atoms with E-state index in [9.17, 15) is 13.2 Å². The van der Waals surface area contributed by atoms with Crippen LogP contribution in [0, 0.1) is 0 Å². The summed E-state index contributed by atoms with van der Waals surface area (Å²) in [6.45, 7) is 1.20. The van der Waals surface area contributed by atoms with Gasteiger partial charge in [0.15, 0.2) is 5.82 Å². The van der Waals surface area contributed by atoms with E-state index >= 15 is 0 Å². The summed E-state index contributed by atoms with van der Waals surface area (Å²) < 4.78 is 24.6. The van der Waals surface area contributed by atoms with Crippen LogP contribution in [0.2, 0.25) is 0 Å². The van der Waals surface area contributed by atoms with Crippen molar-refractivity contribution in [1.29, 1.82) is 0 Å². The maximum atomic E-state index is 13.4. The highest BCUT2D eigenvalue weighted by molar-refractivity contribution is 7.90. The number of aromatic nitrogens is 5. The SMILES string of the molecule is CS(=O)(=O)CCNC1CCC(NC(=O)[C@@H]2CCCN2c2nc(Nc3cc(C4CC4)[nH]n3)n3cccc3n2)CC1. The molecule has 210 valence electrons. The van der Waals surface area contributed by atoms with Crippen LogP contribution in [0.25, 0.3) is 5.65 Å². The van der Waals surface area contributed by atoms with E-state index in [4.69, 9.17) is 9.97 Å². The lowest BCUT2D eigenvalue weighted by molar-refractivity contribution is -0.123. The third-order valence-corrected chi connectivity index (χ3v) is 8.97. The molecule has 13 heteroatoms. The van der Waals surface area contributed by atoms with E-state index in [0.717, 1.165) is 56.4 Å². The molecule has 2 aliphatic carbocycles. The van der Waals surface area contributed by atoms with E-state index in [1.165, 1.54) is 19.1 Å². The molecule has 2 saturated carbocycles. The Kier molecular flexibility index (Phi) is 7.19. The van der Waals surface area contributed by atoms with Crippen LogP contribution in [0.1, 0.15) is 63.0 Å². The molecule has 3 aromatic heterocycles. The number of amides is 1. The number of nitrogens with one attached hydrogen (secondary N) is 4. The molecule has 0 spiro atoms. The topological polar surface area (TPSA) is 149 Å². The first kappa shape index (κ1) is 26.1. The van der Waals surface area contributed by atoms with Crippen LogP contribution in [-0.2, 0) is 14.6 Å². The quantitative estimate of drug-likeness (QED) is 0.295. The molecule has 1 atom stereocenters. The molecule has 12 nitrogen and oxygen atoms in total. The molecule has 1 saturated heterocycles. The number of hydrogen-bond donors (Lipinski definition) is 4. The summed E-state index contributed by atoms with van der Waals surface area (Å²) in [5, 5.41) is 17.5. The normalized spacial score (nSPS) is 23.8. The second kappa shape index (κ2) is 10.8. The van der Waals surface area contributed by atoms with Crippen LogP contribution >= 0.6 is 0 Å². The predicted molar refractivity (Wildman–Crippen MR) is 149 cm³/mol. The molecule has 4 heterocycles. The van der Waals surface area contributed by atoms with Gasteiger partial charge in [0.1, 0.15) is 21.5 Å². The number of rotatable bonds is 10. The smallest absolute Gasteiger partial charge is 0.243 e. The second-order valence-electron chi connectivity index (χ2n) is 11.2. The Bertz CT molecular complexity index is 1420. The van der Waals surface area contributed by atoms with Gasteiger partial charge in [-0.25, -0.2) is 8.42 Å². The van der Waals surface area contributed by atoms with Gasteiger partial charge in [-0.15, -0.1) is 0 Å². The summed E-state index contributed by atoms with van der Waals surface area (Å²) in [4.78, 5) is 25.0. The zero-order valence-electron chi connectivity index (χ0n) is 22.3. The highest BCUT2D eigenvalue weighted by atomic mass is 32.2. The number of aromatic amines is 1. The zero-order valence-corrected chi connectivity index (χ0v) is 23.1. The van der Waals surface area contributed by atoms with Gasteiger partial charge in [0.2, 0.25) is 17.8 Å². The number of sulfone groups is 1. The van der Waals surface area contributed by atoms with Crippen molar-refractivity contribution >= 4 is 39.1 Å². The molecule has 0 bridgehead atoms. The van der Waals surface area contributed by atoms with Crippen LogP contribution < -0.4 is 20.9 Å². The highest BCUT2D eigenvalue weighted by Crippen LogP contribution is 2.39. The number of fused-ring (bicyclic) bond motifs is 1. The summed E-state index contributed by atoms with van der Waals surface area (Å²) in [6.07, 6.45) is 10.8. The number of H-pyrrole nitrogens is 1. The molecule has 0 radical (unpaired) electrons. The maximum absolute atomic E-state index is 13.4.